The highest BCUT2D eigenvalue weighted by Gasteiger charge is 2.30. The fourth-order valence-electron chi connectivity index (χ4n) is 2.55. The molecule has 1 aromatic rings. The zero-order valence-electron chi connectivity index (χ0n) is 13.8. The van der Waals surface area contributed by atoms with Crippen molar-refractivity contribution in [3.63, 3.8) is 0 Å². The van der Waals surface area contributed by atoms with E-state index in [9.17, 15) is 18.0 Å². The average molecular weight is 417 g/mol. The van der Waals surface area contributed by atoms with Crippen LogP contribution in [0.15, 0.2) is 27.6 Å². The molecule has 0 atom stereocenters. The summed E-state index contributed by atoms with van der Waals surface area (Å²) in [6.07, 6.45) is 0.420. The quantitative estimate of drug-likeness (QED) is 0.734. The van der Waals surface area contributed by atoms with Crippen LogP contribution in [0.5, 0.6) is 0 Å². The molecule has 0 N–H and O–H groups in total. The van der Waals surface area contributed by atoms with Crippen molar-refractivity contribution in [1.29, 1.82) is 0 Å². The number of halogens is 1. The maximum absolute atomic E-state index is 12.7. The van der Waals surface area contributed by atoms with Gasteiger partial charge in [-0.2, -0.15) is 4.31 Å². The summed E-state index contributed by atoms with van der Waals surface area (Å²) in [6.45, 7) is 4.54. The average Bonchev–Trinajstić information content (AvgIpc) is 2.55. The minimum atomic E-state index is -3.56. The van der Waals surface area contributed by atoms with Crippen LogP contribution < -0.4 is 0 Å². The number of benzene rings is 1. The number of aryl methyl sites for hydroxylation is 1. The van der Waals surface area contributed by atoms with E-state index in [0.29, 0.717) is 13.1 Å². The van der Waals surface area contributed by atoms with E-state index < -0.39 is 10.0 Å². The van der Waals surface area contributed by atoms with Crippen molar-refractivity contribution >= 4 is 37.6 Å². The van der Waals surface area contributed by atoms with E-state index in [4.69, 9.17) is 0 Å². The number of rotatable bonds is 5. The van der Waals surface area contributed by atoms with Gasteiger partial charge in [-0.25, -0.2) is 8.42 Å². The van der Waals surface area contributed by atoms with Crippen molar-refractivity contribution in [3.05, 3.63) is 28.2 Å². The Balaban J connectivity index is 2.01. The van der Waals surface area contributed by atoms with Crippen LogP contribution >= 0.6 is 15.9 Å². The van der Waals surface area contributed by atoms with Crippen molar-refractivity contribution < 1.29 is 18.0 Å². The third-order valence-corrected chi connectivity index (χ3v) is 6.83. The molecule has 1 aromatic carbocycles. The summed E-state index contributed by atoms with van der Waals surface area (Å²) in [5.41, 5.74) is 0.856. The van der Waals surface area contributed by atoms with Crippen LogP contribution in [-0.4, -0.2) is 55.5 Å². The second-order valence-electron chi connectivity index (χ2n) is 5.90. The first kappa shape index (κ1) is 19.1. The first-order chi connectivity index (χ1) is 11.2. The Morgan fingerprint density at radius 1 is 1.12 bits per heavy atom. The highest BCUT2D eigenvalue weighted by Crippen LogP contribution is 2.23. The lowest BCUT2D eigenvalue weighted by Gasteiger charge is -2.34. The van der Waals surface area contributed by atoms with Gasteiger partial charge >= 0.3 is 0 Å². The number of ketones is 1. The number of Topliss-reactive ketones (excluding diaryl/α,β-unsaturated/α-hetero) is 1. The zero-order chi connectivity index (χ0) is 17.9. The molecule has 1 aliphatic rings. The SMILES string of the molecule is CC(=O)CCC(=O)N1CCN(S(=O)(=O)c2ccc(Br)c(C)c2)CC1. The summed E-state index contributed by atoms with van der Waals surface area (Å²) in [4.78, 5) is 24.9. The molecule has 0 unspecified atom stereocenters. The van der Waals surface area contributed by atoms with Crippen LogP contribution in [0.2, 0.25) is 0 Å². The third-order valence-electron chi connectivity index (χ3n) is 4.05. The van der Waals surface area contributed by atoms with Gasteiger partial charge < -0.3 is 9.69 Å². The van der Waals surface area contributed by atoms with Gasteiger partial charge in [0.25, 0.3) is 0 Å². The Bertz CT molecular complexity index is 740. The van der Waals surface area contributed by atoms with Gasteiger partial charge in [-0.1, -0.05) is 15.9 Å². The van der Waals surface area contributed by atoms with Crippen molar-refractivity contribution in [2.75, 3.05) is 26.2 Å². The Labute approximate surface area is 151 Å². The summed E-state index contributed by atoms with van der Waals surface area (Å²) in [5.74, 6) is -0.114. The minimum Gasteiger partial charge on any atom is -0.340 e. The Hall–Kier alpha value is -1.25. The molecule has 132 valence electrons. The Morgan fingerprint density at radius 2 is 1.75 bits per heavy atom. The zero-order valence-corrected chi connectivity index (χ0v) is 16.2. The Kier molecular flexibility index (Phi) is 6.17. The molecule has 0 bridgehead atoms. The van der Waals surface area contributed by atoms with E-state index in [-0.39, 0.29) is 42.5 Å². The summed E-state index contributed by atoms with van der Waals surface area (Å²) in [5, 5.41) is 0. The number of nitrogens with zero attached hydrogens (tertiary/aromatic N) is 2. The molecule has 0 aromatic heterocycles. The van der Waals surface area contributed by atoms with Crippen molar-refractivity contribution in [2.24, 2.45) is 0 Å². The summed E-state index contributed by atoms with van der Waals surface area (Å²) >= 11 is 3.36. The number of carbonyl (C=O) groups excluding carboxylic acids is 2. The van der Waals surface area contributed by atoms with E-state index in [1.54, 1.807) is 23.1 Å². The van der Waals surface area contributed by atoms with Gasteiger partial charge in [0, 0.05) is 43.5 Å². The van der Waals surface area contributed by atoms with Gasteiger partial charge in [0.2, 0.25) is 15.9 Å². The van der Waals surface area contributed by atoms with Crippen molar-refractivity contribution in [2.45, 2.75) is 31.6 Å². The monoisotopic (exact) mass is 416 g/mol. The molecule has 0 radical (unpaired) electrons. The maximum Gasteiger partial charge on any atom is 0.243 e. The van der Waals surface area contributed by atoms with E-state index in [2.05, 4.69) is 15.9 Å². The van der Waals surface area contributed by atoms with Gasteiger partial charge in [0.15, 0.2) is 0 Å². The molecule has 24 heavy (non-hydrogen) atoms. The second kappa shape index (κ2) is 7.76. The number of amides is 1. The van der Waals surface area contributed by atoms with Gasteiger partial charge in [-0.3, -0.25) is 4.79 Å². The van der Waals surface area contributed by atoms with Crippen LogP contribution in [0.25, 0.3) is 0 Å². The highest BCUT2D eigenvalue weighted by molar-refractivity contribution is 9.10. The third kappa shape index (κ3) is 4.43. The minimum absolute atomic E-state index is 0.0184. The largest absolute Gasteiger partial charge is 0.340 e. The molecular formula is C16H21BrN2O4S. The van der Waals surface area contributed by atoms with E-state index in [1.165, 1.54) is 11.2 Å². The Morgan fingerprint density at radius 3 is 2.29 bits per heavy atom. The molecule has 1 aliphatic heterocycles. The number of hydrogen-bond acceptors (Lipinski definition) is 4. The predicted octanol–water partition coefficient (Wildman–Crippen LogP) is 1.96. The standard InChI is InChI=1S/C16H21BrN2O4S/c1-12-11-14(4-5-15(12)17)24(22,23)19-9-7-18(8-10-19)16(21)6-3-13(2)20/h4-5,11H,3,6-10H2,1-2H3. The maximum atomic E-state index is 12.7. The molecule has 1 saturated heterocycles. The number of carbonyl (C=O) groups is 2. The van der Waals surface area contributed by atoms with E-state index in [0.717, 1.165) is 10.0 Å². The summed E-state index contributed by atoms with van der Waals surface area (Å²) in [6, 6.07) is 4.95. The van der Waals surface area contributed by atoms with Crippen LogP contribution in [0.4, 0.5) is 0 Å². The van der Waals surface area contributed by atoms with Gasteiger partial charge in [-0.05, 0) is 37.6 Å². The molecule has 2 rings (SSSR count). The second-order valence-corrected chi connectivity index (χ2v) is 8.69. The lowest BCUT2D eigenvalue weighted by molar-refractivity contribution is -0.134. The lowest BCUT2D eigenvalue weighted by Crippen LogP contribution is -2.50. The van der Waals surface area contributed by atoms with Crippen LogP contribution in [0.1, 0.15) is 25.3 Å². The molecule has 6 nitrogen and oxygen atoms in total. The summed E-state index contributed by atoms with van der Waals surface area (Å²) in [7, 11) is -3.56. The molecule has 8 heteroatoms. The van der Waals surface area contributed by atoms with Crippen molar-refractivity contribution in [3.8, 4) is 0 Å². The van der Waals surface area contributed by atoms with E-state index in [1.807, 2.05) is 6.92 Å². The van der Waals surface area contributed by atoms with Gasteiger partial charge in [0.1, 0.15) is 5.78 Å². The fourth-order valence-corrected chi connectivity index (χ4v) is 4.30. The number of hydrogen-bond donors (Lipinski definition) is 0. The molecular weight excluding hydrogens is 396 g/mol. The van der Waals surface area contributed by atoms with Crippen LogP contribution in [-0.2, 0) is 19.6 Å². The number of piperazine rings is 1. The smallest absolute Gasteiger partial charge is 0.243 e. The molecule has 0 saturated carbocycles. The number of sulfonamides is 1. The first-order valence-corrected chi connectivity index (χ1v) is 9.98. The molecule has 0 aliphatic carbocycles. The topological polar surface area (TPSA) is 74.8 Å². The lowest BCUT2D eigenvalue weighted by atomic mass is 10.2. The predicted molar refractivity (Wildman–Crippen MR) is 94.1 cm³/mol. The van der Waals surface area contributed by atoms with Crippen molar-refractivity contribution in [1.82, 2.24) is 9.21 Å². The van der Waals surface area contributed by atoms with Crippen LogP contribution in [0.3, 0.4) is 0 Å². The van der Waals surface area contributed by atoms with Gasteiger partial charge in [0.05, 0.1) is 4.90 Å². The molecule has 0 spiro atoms. The normalized spacial score (nSPS) is 16.2. The van der Waals surface area contributed by atoms with Crippen LogP contribution in [0, 0.1) is 6.92 Å². The first-order valence-electron chi connectivity index (χ1n) is 7.75. The van der Waals surface area contributed by atoms with E-state index >= 15 is 0 Å². The molecule has 1 heterocycles. The van der Waals surface area contributed by atoms with Gasteiger partial charge in [-0.15, -0.1) is 0 Å². The highest BCUT2D eigenvalue weighted by atomic mass is 79.9. The summed E-state index contributed by atoms with van der Waals surface area (Å²) < 4.78 is 27.7. The molecule has 1 fully saturated rings. The fraction of sp³-hybridized carbons (Fsp3) is 0.500. The molecule has 1 amide bonds.